The van der Waals surface area contributed by atoms with Gasteiger partial charge in [0.2, 0.25) is 0 Å². The van der Waals surface area contributed by atoms with Crippen molar-refractivity contribution in [2.45, 2.75) is 20.0 Å². The number of carbonyl (C=O) groups is 3. The number of ether oxygens (including phenoxy) is 1. The van der Waals surface area contributed by atoms with Crippen molar-refractivity contribution in [1.29, 1.82) is 0 Å². The number of rotatable bonds is 4. The normalized spacial score (nSPS) is 14.3. The molecule has 1 aliphatic heterocycles. The second-order valence-electron chi connectivity index (χ2n) is 5.64. The van der Waals surface area contributed by atoms with Crippen molar-refractivity contribution in [3.05, 3.63) is 64.2 Å². The van der Waals surface area contributed by atoms with E-state index in [1.807, 2.05) is 0 Å². The lowest BCUT2D eigenvalue weighted by Crippen LogP contribution is -2.50. The number of nitrogens with one attached hydrogen (secondary N) is 1. The Labute approximate surface area is 149 Å². The highest BCUT2D eigenvalue weighted by Gasteiger charge is 2.37. The van der Waals surface area contributed by atoms with Crippen LogP contribution in [0, 0.1) is 6.92 Å². The van der Waals surface area contributed by atoms with Gasteiger partial charge >= 0.3 is 0 Å². The van der Waals surface area contributed by atoms with Gasteiger partial charge in [-0.2, -0.15) is 5.01 Å². The van der Waals surface area contributed by atoms with E-state index >= 15 is 0 Å². The summed E-state index contributed by atoms with van der Waals surface area (Å²) in [5.41, 5.74) is 3.61. The standard InChI is InChI=1S/C18H15ClN2O4/c1-10-9-12(19)7-8-15(10)25-11(2)16(22)20-21-17(23)13-5-3-4-6-14(13)18(21)24/h3-9,11H,1-2H3,(H,20,22). The summed E-state index contributed by atoms with van der Waals surface area (Å²) in [5.74, 6) is -1.24. The van der Waals surface area contributed by atoms with Crippen LogP contribution in [0.25, 0.3) is 0 Å². The SMILES string of the molecule is Cc1cc(Cl)ccc1OC(C)C(=O)NN1C(=O)c2ccccc2C1=O. The van der Waals surface area contributed by atoms with Crippen molar-refractivity contribution in [1.82, 2.24) is 10.4 Å². The molecule has 6 nitrogen and oxygen atoms in total. The fourth-order valence-corrected chi connectivity index (χ4v) is 2.71. The van der Waals surface area contributed by atoms with E-state index in [2.05, 4.69) is 5.43 Å². The number of carbonyl (C=O) groups excluding carboxylic acids is 3. The van der Waals surface area contributed by atoms with E-state index < -0.39 is 23.8 Å². The van der Waals surface area contributed by atoms with Gasteiger partial charge < -0.3 is 4.74 Å². The number of halogens is 1. The molecular weight excluding hydrogens is 344 g/mol. The average molecular weight is 359 g/mol. The summed E-state index contributed by atoms with van der Waals surface area (Å²) in [6.45, 7) is 3.33. The number of benzene rings is 2. The number of aryl methyl sites for hydroxylation is 1. The van der Waals surface area contributed by atoms with Gasteiger partial charge in [0, 0.05) is 5.02 Å². The first-order valence-electron chi connectivity index (χ1n) is 7.59. The van der Waals surface area contributed by atoms with Gasteiger partial charge in [0.25, 0.3) is 17.7 Å². The lowest BCUT2D eigenvalue weighted by molar-refractivity contribution is -0.130. The molecule has 0 fully saturated rings. The summed E-state index contributed by atoms with van der Waals surface area (Å²) >= 11 is 5.89. The molecule has 0 bridgehead atoms. The fourth-order valence-electron chi connectivity index (χ4n) is 2.48. The topological polar surface area (TPSA) is 75.7 Å². The quantitative estimate of drug-likeness (QED) is 0.853. The molecule has 0 aromatic heterocycles. The fraction of sp³-hybridized carbons (Fsp3) is 0.167. The maximum Gasteiger partial charge on any atom is 0.280 e. The van der Waals surface area contributed by atoms with Gasteiger partial charge in [-0.25, -0.2) is 0 Å². The number of fused-ring (bicyclic) bond motifs is 1. The first kappa shape index (κ1) is 17.0. The Balaban J connectivity index is 1.70. The van der Waals surface area contributed by atoms with E-state index in [4.69, 9.17) is 16.3 Å². The Morgan fingerprint density at radius 2 is 1.72 bits per heavy atom. The van der Waals surface area contributed by atoms with Crippen LogP contribution in [0.3, 0.4) is 0 Å². The van der Waals surface area contributed by atoms with Crippen LogP contribution in [0.1, 0.15) is 33.2 Å². The van der Waals surface area contributed by atoms with Crippen LogP contribution >= 0.6 is 11.6 Å². The Morgan fingerprint density at radius 3 is 2.28 bits per heavy atom. The van der Waals surface area contributed by atoms with Gasteiger partial charge in [0.15, 0.2) is 6.10 Å². The molecule has 0 saturated carbocycles. The number of hydrogen-bond acceptors (Lipinski definition) is 4. The highest BCUT2D eigenvalue weighted by Crippen LogP contribution is 2.23. The van der Waals surface area contributed by atoms with Crippen LogP contribution in [0.15, 0.2) is 42.5 Å². The third-order valence-corrected chi connectivity index (χ3v) is 4.06. The molecule has 7 heteroatoms. The number of amides is 3. The number of nitrogens with zero attached hydrogens (tertiary/aromatic N) is 1. The summed E-state index contributed by atoms with van der Waals surface area (Å²) in [6, 6.07) is 11.4. The Bertz CT molecular complexity index is 846. The van der Waals surface area contributed by atoms with Crippen LogP contribution in [0.5, 0.6) is 5.75 Å². The van der Waals surface area contributed by atoms with Crippen LogP contribution in [-0.2, 0) is 4.79 Å². The predicted molar refractivity (Wildman–Crippen MR) is 91.4 cm³/mol. The minimum Gasteiger partial charge on any atom is -0.481 e. The summed E-state index contributed by atoms with van der Waals surface area (Å²) in [4.78, 5) is 36.8. The molecule has 0 saturated heterocycles. The third kappa shape index (κ3) is 3.21. The number of hydrazine groups is 1. The van der Waals surface area contributed by atoms with Gasteiger partial charge in [-0.3, -0.25) is 19.8 Å². The van der Waals surface area contributed by atoms with Crippen LogP contribution < -0.4 is 10.2 Å². The maximum absolute atomic E-state index is 12.3. The van der Waals surface area contributed by atoms with Crippen molar-refractivity contribution in [2.24, 2.45) is 0 Å². The largest absolute Gasteiger partial charge is 0.481 e. The molecule has 1 heterocycles. The molecule has 128 valence electrons. The molecule has 2 aromatic carbocycles. The predicted octanol–water partition coefficient (Wildman–Crippen LogP) is 2.74. The molecule has 1 unspecified atom stereocenters. The first-order chi connectivity index (χ1) is 11.9. The summed E-state index contributed by atoms with van der Waals surface area (Å²) in [7, 11) is 0. The Kier molecular flexibility index (Phi) is 4.46. The van der Waals surface area contributed by atoms with Gasteiger partial charge in [-0.05, 0) is 49.7 Å². The molecule has 1 atom stereocenters. The lowest BCUT2D eigenvalue weighted by atomic mass is 10.1. The maximum atomic E-state index is 12.3. The smallest absolute Gasteiger partial charge is 0.280 e. The second kappa shape index (κ2) is 6.57. The van der Waals surface area contributed by atoms with Crippen molar-refractivity contribution in [3.8, 4) is 5.75 Å². The van der Waals surface area contributed by atoms with Gasteiger partial charge in [-0.15, -0.1) is 0 Å². The zero-order valence-electron chi connectivity index (χ0n) is 13.6. The van der Waals surface area contributed by atoms with Gasteiger partial charge in [0.1, 0.15) is 5.75 Å². The van der Waals surface area contributed by atoms with E-state index in [0.717, 1.165) is 5.56 Å². The van der Waals surface area contributed by atoms with Crippen molar-refractivity contribution >= 4 is 29.3 Å². The van der Waals surface area contributed by atoms with E-state index in [-0.39, 0.29) is 11.1 Å². The van der Waals surface area contributed by atoms with E-state index in [1.54, 1.807) is 49.4 Å². The zero-order valence-corrected chi connectivity index (χ0v) is 14.3. The highest BCUT2D eigenvalue weighted by atomic mass is 35.5. The van der Waals surface area contributed by atoms with Crippen molar-refractivity contribution < 1.29 is 19.1 Å². The molecule has 0 spiro atoms. The Hall–Kier alpha value is -2.86. The summed E-state index contributed by atoms with van der Waals surface area (Å²) < 4.78 is 5.60. The van der Waals surface area contributed by atoms with E-state index in [9.17, 15) is 14.4 Å². The molecule has 3 rings (SSSR count). The first-order valence-corrected chi connectivity index (χ1v) is 7.97. The molecule has 2 aromatic rings. The minimum atomic E-state index is -0.913. The van der Waals surface area contributed by atoms with E-state index in [1.165, 1.54) is 6.92 Å². The minimum absolute atomic E-state index is 0.259. The van der Waals surface area contributed by atoms with Gasteiger partial charge in [-0.1, -0.05) is 23.7 Å². The number of hydrogen-bond donors (Lipinski definition) is 1. The van der Waals surface area contributed by atoms with Crippen molar-refractivity contribution in [3.63, 3.8) is 0 Å². The lowest BCUT2D eigenvalue weighted by Gasteiger charge is -2.20. The van der Waals surface area contributed by atoms with Crippen molar-refractivity contribution in [2.75, 3.05) is 0 Å². The highest BCUT2D eigenvalue weighted by molar-refractivity contribution is 6.30. The molecule has 0 aliphatic carbocycles. The van der Waals surface area contributed by atoms with Crippen LogP contribution in [0.2, 0.25) is 5.02 Å². The zero-order chi connectivity index (χ0) is 18.1. The van der Waals surface area contributed by atoms with Crippen LogP contribution in [-0.4, -0.2) is 28.8 Å². The monoisotopic (exact) mass is 358 g/mol. The van der Waals surface area contributed by atoms with Crippen LogP contribution in [0.4, 0.5) is 0 Å². The molecule has 1 N–H and O–H groups in total. The second-order valence-corrected chi connectivity index (χ2v) is 6.07. The average Bonchev–Trinajstić information content (AvgIpc) is 2.82. The Morgan fingerprint density at radius 1 is 1.12 bits per heavy atom. The summed E-state index contributed by atoms with van der Waals surface area (Å²) in [5, 5.41) is 1.27. The molecular formula is C18H15ClN2O4. The molecule has 1 aliphatic rings. The van der Waals surface area contributed by atoms with E-state index in [0.29, 0.717) is 15.8 Å². The third-order valence-electron chi connectivity index (χ3n) is 3.83. The number of imide groups is 1. The molecule has 0 radical (unpaired) electrons. The molecule has 25 heavy (non-hydrogen) atoms. The summed E-state index contributed by atoms with van der Waals surface area (Å²) in [6.07, 6.45) is -0.913. The molecule has 3 amide bonds. The van der Waals surface area contributed by atoms with Gasteiger partial charge in [0.05, 0.1) is 11.1 Å².